The Labute approximate surface area is 76.2 Å². The van der Waals surface area contributed by atoms with Crippen molar-refractivity contribution < 1.29 is 9.59 Å². The molecule has 0 aromatic carbocycles. The molecule has 0 N–H and O–H groups in total. The standard InChI is InChI=1S/C9H10N2O2/c1-11(2)9(13)8(12)7-4-3-5-10-6-7/h3-6H,1-2H3. The summed E-state index contributed by atoms with van der Waals surface area (Å²) in [6, 6.07) is 3.19. The van der Waals surface area contributed by atoms with Gasteiger partial charge in [-0.1, -0.05) is 0 Å². The highest BCUT2D eigenvalue weighted by atomic mass is 16.2. The van der Waals surface area contributed by atoms with Gasteiger partial charge < -0.3 is 4.90 Å². The Kier molecular flexibility index (Phi) is 2.74. The molecule has 1 rings (SSSR count). The summed E-state index contributed by atoms with van der Waals surface area (Å²) in [5.41, 5.74) is 0.321. The number of hydrogen-bond donors (Lipinski definition) is 0. The largest absolute Gasteiger partial charge is 0.342 e. The summed E-state index contributed by atoms with van der Waals surface area (Å²) in [6.45, 7) is 0. The average Bonchev–Trinajstić information content (AvgIpc) is 2.17. The van der Waals surface area contributed by atoms with E-state index in [1.54, 1.807) is 18.3 Å². The molecule has 0 atom stereocenters. The monoisotopic (exact) mass is 178 g/mol. The summed E-state index contributed by atoms with van der Waals surface area (Å²) in [4.78, 5) is 27.5. The molecule has 0 saturated heterocycles. The van der Waals surface area contributed by atoms with Crippen LogP contribution < -0.4 is 0 Å². The summed E-state index contributed by atoms with van der Waals surface area (Å²) >= 11 is 0. The molecule has 0 saturated carbocycles. The molecular weight excluding hydrogens is 168 g/mol. The summed E-state index contributed by atoms with van der Waals surface area (Å²) in [6.07, 6.45) is 2.93. The van der Waals surface area contributed by atoms with Gasteiger partial charge in [-0.05, 0) is 12.1 Å². The van der Waals surface area contributed by atoms with Crippen molar-refractivity contribution in [2.75, 3.05) is 14.1 Å². The second-order valence-corrected chi connectivity index (χ2v) is 2.77. The molecule has 0 aliphatic heterocycles. The first-order valence-electron chi connectivity index (χ1n) is 3.79. The highest BCUT2D eigenvalue weighted by molar-refractivity contribution is 6.42. The summed E-state index contributed by atoms with van der Waals surface area (Å²) in [5, 5.41) is 0. The molecule has 1 aromatic heterocycles. The number of amides is 1. The Balaban J connectivity index is 2.87. The Bertz CT molecular complexity index is 320. The van der Waals surface area contributed by atoms with Crippen molar-refractivity contribution in [2.24, 2.45) is 0 Å². The van der Waals surface area contributed by atoms with E-state index < -0.39 is 11.7 Å². The van der Waals surface area contributed by atoms with Crippen molar-refractivity contribution in [3.8, 4) is 0 Å². The molecule has 1 aromatic rings. The first-order valence-corrected chi connectivity index (χ1v) is 3.79. The van der Waals surface area contributed by atoms with Gasteiger partial charge in [-0.15, -0.1) is 0 Å². The smallest absolute Gasteiger partial charge is 0.294 e. The van der Waals surface area contributed by atoms with Gasteiger partial charge in [-0.2, -0.15) is 0 Å². The third-order valence-electron chi connectivity index (χ3n) is 1.52. The van der Waals surface area contributed by atoms with Gasteiger partial charge in [0.1, 0.15) is 0 Å². The maximum Gasteiger partial charge on any atom is 0.294 e. The number of likely N-dealkylation sites (N-methyl/N-ethyl adjacent to an activating group) is 1. The van der Waals surface area contributed by atoms with Crippen LogP contribution in [0, 0.1) is 0 Å². The molecule has 4 heteroatoms. The highest BCUT2D eigenvalue weighted by Crippen LogP contribution is 1.99. The van der Waals surface area contributed by atoms with Gasteiger partial charge in [0.2, 0.25) is 0 Å². The van der Waals surface area contributed by atoms with Crippen LogP contribution in [0.1, 0.15) is 10.4 Å². The van der Waals surface area contributed by atoms with E-state index in [-0.39, 0.29) is 0 Å². The fraction of sp³-hybridized carbons (Fsp3) is 0.222. The SMILES string of the molecule is CN(C)C(=O)C(=O)c1cccnc1. The zero-order chi connectivity index (χ0) is 9.84. The lowest BCUT2D eigenvalue weighted by Gasteiger charge is -2.07. The van der Waals surface area contributed by atoms with Crippen LogP contribution in [0.25, 0.3) is 0 Å². The number of carbonyl (C=O) groups excluding carboxylic acids is 2. The summed E-state index contributed by atoms with van der Waals surface area (Å²) in [7, 11) is 3.08. The van der Waals surface area contributed by atoms with Gasteiger partial charge in [0.15, 0.2) is 0 Å². The number of nitrogens with zero attached hydrogens (tertiary/aromatic N) is 2. The van der Waals surface area contributed by atoms with Crippen molar-refractivity contribution >= 4 is 11.7 Å². The Hall–Kier alpha value is -1.71. The highest BCUT2D eigenvalue weighted by Gasteiger charge is 2.17. The van der Waals surface area contributed by atoms with Crippen molar-refractivity contribution in [3.63, 3.8) is 0 Å². The zero-order valence-corrected chi connectivity index (χ0v) is 7.52. The Morgan fingerprint density at radius 3 is 2.54 bits per heavy atom. The predicted octanol–water partition coefficient (Wildman–Crippen LogP) is 0.352. The van der Waals surface area contributed by atoms with Gasteiger partial charge in [0, 0.05) is 32.1 Å². The number of carbonyl (C=O) groups is 2. The van der Waals surface area contributed by atoms with E-state index in [0.29, 0.717) is 5.56 Å². The normalized spacial score (nSPS) is 9.38. The first-order chi connectivity index (χ1) is 6.13. The maximum absolute atomic E-state index is 11.4. The molecular formula is C9H10N2O2. The number of aromatic nitrogens is 1. The zero-order valence-electron chi connectivity index (χ0n) is 7.52. The lowest BCUT2D eigenvalue weighted by atomic mass is 10.2. The predicted molar refractivity (Wildman–Crippen MR) is 47.3 cm³/mol. The lowest BCUT2D eigenvalue weighted by Crippen LogP contribution is -2.29. The lowest BCUT2D eigenvalue weighted by molar-refractivity contribution is -0.124. The topological polar surface area (TPSA) is 50.3 Å². The molecule has 0 bridgehead atoms. The van der Waals surface area contributed by atoms with Crippen molar-refractivity contribution in [1.29, 1.82) is 0 Å². The number of ketones is 1. The maximum atomic E-state index is 11.4. The molecule has 1 amide bonds. The molecule has 13 heavy (non-hydrogen) atoms. The van der Waals surface area contributed by atoms with Crippen LogP contribution >= 0.6 is 0 Å². The third-order valence-corrected chi connectivity index (χ3v) is 1.52. The summed E-state index contributed by atoms with van der Waals surface area (Å²) in [5.74, 6) is -1.06. The molecule has 68 valence electrons. The number of pyridine rings is 1. The fourth-order valence-electron chi connectivity index (χ4n) is 0.824. The number of rotatable bonds is 2. The van der Waals surface area contributed by atoms with E-state index in [1.165, 1.54) is 25.2 Å². The van der Waals surface area contributed by atoms with Gasteiger partial charge in [0.25, 0.3) is 11.7 Å². The summed E-state index contributed by atoms with van der Waals surface area (Å²) < 4.78 is 0. The Morgan fingerprint density at radius 1 is 1.38 bits per heavy atom. The van der Waals surface area contributed by atoms with Gasteiger partial charge in [-0.25, -0.2) is 0 Å². The molecule has 4 nitrogen and oxygen atoms in total. The molecule has 0 spiro atoms. The minimum atomic E-state index is -0.534. The van der Waals surface area contributed by atoms with Crippen LogP contribution in [0.5, 0.6) is 0 Å². The molecule has 0 radical (unpaired) electrons. The van der Waals surface area contributed by atoms with Crippen molar-refractivity contribution in [3.05, 3.63) is 30.1 Å². The van der Waals surface area contributed by atoms with Gasteiger partial charge in [0.05, 0.1) is 0 Å². The van der Waals surface area contributed by atoms with Crippen LogP contribution in [0.3, 0.4) is 0 Å². The van der Waals surface area contributed by atoms with E-state index in [9.17, 15) is 9.59 Å². The molecule has 0 fully saturated rings. The van der Waals surface area contributed by atoms with Crippen molar-refractivity contribution in [2.45, 2.75) is 0 Å². The molecule has 0 unspecified atom stereocenters. The van der Waals surface area contributed by atoms with Crippen LogP contribution in [0.15, 0.2) is 24.5 Å². The van der Waals surface area contributed by atoms with Crippen molar-refractivity contribution in [1.82, 2.24) is 9.88 Å². The first kappa shape index (κ1) is 9.38. The van der Waals surface area contributed by atoms with E-state index >= 15 is 0 Å². The van der Waals surface area contributed by atoms with E-state index in [1.807, 2.05) is 0 Å². The van der Waals surface area contributed by atoms with E-state index in [2.05, 4.69) is 4.98 Å². The fourth-order valence-corrected chi connectivity index (χ4v) is 0.824. The van der Waals surface area contributed by atoms with E-state index in [0.717, 1.165) is 0 Å². The van der Waals surface area contributed by atoms with Crippen LogP contribution in [-0.2, 0) is 4.79 Å². The molecule has 0 aliphatic rings. The van der Waals surface area contributed by atoms with Gasteiger partial charge in [-0.3, -0.25) is 14.6 Å². The second-order valence-electron chi connectivity index (χ2n) is 2.77. The van der Waals surface area contributed by atoms with Crippen LogP contribution in [-0.4, -0.2) is 35.7 Å². The molecule has 1 heterocycles. The average molecular weight is 178 g/mol. The number of hydrogen-bond acceptors (Lipinski definition) is 3. The van der Waals surface area contributed by atoms with Gasteiger partial charge >= 0.3 is 0 Å². The van der Waals surface area contributed by atoms with Crippen LogP contribution in [0.2, 0.25) is 0 Å². The van der Waals surface area contributed by atoms with E-state index in [4.69, 9.17) is 0 Å². The minimum absolute atomic E-state index is 0.321. The van der Waals surface area contributed by atoms with Crippen LogP contribution in [0.4, 0.5) is 0 Å². The second kappa shape index (κ2) is 3.80. The molecule has 0 aliphatic carbocycles. The minimum Gasteiger partial charge on any atom is -0.342 e. The quantitative estimate of drug-likeness (QED) is 0.485. The third kappa shape index (κ3) is 2.11. The number of Topliss-reactive ketones (excluding diaryl/α,β-unsaturated/α-hetero) is 1. The Morgan fingerprint density at radius 2 is 2.08 bits per heavy atom.